The summed E-state index contributed by atoms with van der Waals surface area (Å²) in [4.78, 5) is 4.53. The minimum atomic E-state index is 0.00399. The Bertz CT molecular complexity index is 1090. The average Bonchev–Trinajstić information content (AvgIpc) is 3.14. The monoisotopic (exact) mass is 480 g/mol. The Morgan fingerprint density at radius 1 is 1.30 bits per heavy atom. The highest BCUT2D eigenvalue weighted by Gasteiger charge is 2.12. The molecule has 0 aliphatic heterocycles. The van der Waals surface area contributed by atoms with E-state index in [0.717, 1.165) is 5.56 Å². The van der Waals surface area contributed by atoms with Crippen LogP contribution in [-0.4, -0.2) is 17.2 Å². The van der Waals surface area contributed by atoms with Crippen LogP contribution in [0.15, 0.2) is 40.2 Å². The maximum absolute atomic E-state index is 9.91. The number of ether oxygens (including phenoxy) is 1. The Hall–Kier alpha value is -2.04. The number of aromatic nitrogens is 1. The Kier molecular flexibility index (Phi) is 6.08. The largest absolute Gasteiger partial charge is 0.503 e. The van der Waals surface area contributed by atoms with Crippen LogP contribution in [0.1, 0.15) is 10.6 Å². The number of benzene rings is 2. The van der Waals surface area contributed by atoms with Crippen LogP contribution in [-0.2, 0) is 0 Å². The van der Waals surface area contributed by atoms with E-state index < -0.39 is 0 Å². The number of thiazole rings is 1. The van der Waals surface area contributed by atoms with Gasteiger partial charge in [-0.1, -0.05) is 29.3 Å². The van der Waals surface area contributed by atoms with Crippen LogP contribution in [0.2, 0.25) is 10.0 Å². The standard InChI is InChI=1S/C19H11BrCl2N2O2S/c1-26-17-6-10(5-13(20)18(17)25)4-12(8-23)19-24-16(9-27-19)11-2-3-14(21)15(22)7-11/h2-7,9,25H,1H3/b12-4+. The molecule has 0 aliphatic carbocycles. The smallest absolute Gasteiger partial charge is 0.172 e. The third kappa shape index (κ3) is 4.28. The molecule has 3 aromatic rings. The summed E-state index contributed by atoms with van der Waals surface area (Å²) in [5, 5.41) is 22.8. The molecule has 1 aromatic heterocycles. The van der Waals surface area contributed by atoms with E-state index in [1.165, 1.54) is 18.4 Å². The van der Waals surface area contributed by atoms with E-state index in [-0.39, 0.29) is 5.75 Å². The van der Waals surface area contributed by atoms with E-state index in [2.05, 4.69) is 27.0 Å². The van der Waals surface area contributed by atoms with Crippen molar-refractivity contribution in [1.29, 1.82) is 5.26 Å². The number of hydrogen-bond donors (Lipinski definition) is 1. The molecule has 4 nitrogen and oxygen atoms in total. The molecule has 0 bridgehead atoms. The third-order valence-corrected chi connectivity index (χ3v) is 5.87. The Morgan fingerprint density at radius 2 is 2.07 bits per heavy atom. The SMILES string of the molecule is COc1cc(/C=C(\C#N)c2nc(-c3ccc(Cl)c(Cl)c3)cs2)cc(Br)c1O. The lowest BCUT2D eigenvalue weighted by molar-refractivity contribution is 0.372. The average molecular weight is 482 g/mol. The van der Waals surface area contributed by atoms with Crippen molar-refractivity contribution in [3.63, 3.8) is 0 Å². The van der Waals surface area contributed by atoms with Crippen molar-refractivity contribution in [3.05, 3.63) is 60.8 Å². The summed E-state index contributed by atoms with van der Waals surface area (Å²) in [5.41, 5.74) is 2.61. The van der Waals surface area contributed by atoms with Crippen LogP contribution in [0.4, 0.5) is 0 Å². The highest BCUT2D eigenvalue weighted by Crippen LogP contribution is 2.37. The maximum atomic E-state index is 9.91. The molecule has 0 saturated carbocycles. The number of nitrogens with zero attached hydrogens (tertiary/aromatic N) is 2. The predicted molar refractivity (Wildman–Crippen MR) is 113 cm³/mol. The summed E-state index contributed by atoms with van der Waals surface area (Å²) in [7, 11) is 1.46. The lowest BCUT2D eigenvalue weighted by Crippen LogP contribution is -1.87. The molecular formula is C19H11BrCl2N2O2S. The first-order valence-corrected chi connectivity index (χ1v) is 9.95. The summed E-state index contributed by atoms with van der Waals surface area (Å²) in [6, 6.07) is 10.8. The molecule has 0 spiro atoms. The molecule has 3 rings (SSSR count). The van der Waals surface area contributed by atoms with Gasteiger partial charge in [0, 0.05) is 10.9 Å². The number of rotatable bonds is 4. The molecule has 8 heteroatoms. The summed E-state index contributed by atoms with van der Waals surface area (Å²) >= 11 is 16.6. The van der Waals surface area contributed by atoms with Gasteiger partial charge in [0.2, 0.25) is 0 Å². The van der Waals surface area contributed by atoms with Gasteiger partial charge in [-0.05, 0) is 51.8 Å². The molecule has 27 heavy (non-hydrogen) atoms. The molecule has 0 amide bonds. The maximum Gasteiger partial charge on any atom is 0.172 e. The highest BCUT2D eigenvalue weighted by atomic mass is 79.9. The normalized spacial score (nSPS) is 11.3. The summed E-state index contributed by atoms with van der Waals surface area (Å²) < 4.78 is 5.61. The fraction of sp³-hybridized carbons (Fsp3) is 0.0526. The van der Waals surface area contributed by atoms with Gasteiger partial charge in [0.25, 0.3) is 0 Å². The zero-order valence-corrected chi connectivity index (χ0v) is 17.7. The summed E-state index contributed by atoms with van der Waals surface area (Å²) in [6.45, 7) is 0. The Balaban J connectivity index is 1.99. The minimum absolute atomic E-state index is 0.00399. The Labute approximate surface area is 178 Å². The van der Waals surface area contributed by atoms with E-state index in [1.54, 1.807) is 30.3 Å². The second-order valence-electron chi connectivity index (χ2n) is 5.39. The van der Waals surface area contributed by atoms with Gasteiger partial charge >= 0.3 is 0 Å². The van der Waals surface area contributed by atoms with Crippen molar-refractivity contribution < 1.29 is 9.84 Å². The first-order valence-electron chi connectivity index (χ1n) is 7.52. The van der Waals surface area contributed by atoms with Gasteiger partial charge in [-0.2, -0.15) is 5.26 Å². The van der Waals surface area contributed by atoms with Gasteiger partial charge in [0.1, 0.15) is 11.1 Å². The number of nitriles is 1. The van der Waals surface area contributed by atoms with Crippen LogP contribution < -0.4 is 4.74 Å². The highest BCUT2D eigenvalue weighted by molar-refractivity contribution is 9.10. The molecule has 0 aliphatic rings. The molecule has 0 fully saturated rings. The second kappa shape index (κ2) is 8.32. The fourth-order valence-electron chi connectivity index (χ4n) is 2.33. The first-order chi connectivity index (χ1) is 12.9. The topological polar surface area (TPSA) is 66.1 Å². The second-order valence-corrected chi connectivity index (χ2v) is 7.92. The van der Waals surface area contributed by atoms with Gasteiger partial charge in [-0.15, -0.1) is 11.3 Å². The molecule has 136 valence electrons. The number of allylic oxidation sites excluding steroid dienone is 1. The van der Waals surface area contributed by atoms with Crippen LogP contribution in [0.3, 0.4) is 0 Å². The van der Waals surface area contributed by atoms with Gasteiger partial charge in [-0.3, -0.25) is 0 Å². The van der Waals surface area contributed by atoms with Gasteiger partial charge < -0.3 is 9.84 Å². The van der Waals surface area contributed by atoms with Crippen LogP contribution >= 0.6 is 50.5 Å². The van der Waals surface area contributed by atoms with Gasteiger partial charge in [0.15, 0.2) is 11.5 Å². The molecule has 0 saturated heterocycles. The van der Waals surface area contributed by atoms with Crippen molar-refractivity contribution in [2.75, 3.05) is 7.11 Å². The van der Waals surface area contributed by atoms with E-state index in [9.17, 15) is 10.4 Å². The van der Waals surface area contributed by atoms with Crippen LogP contribution in [0, 0.1) is 11.3 Å². The summed E-state index contributed by atoms with van der Waals surface area (Å²) in [6.07, 6.45) is 1.68. The molecule has 0 radical (unpaired) electrons. The number of halogens is 3. The van der Waals surface area contributed by atoms with E-state index in [0.29, 0.717) is 42.1 Å². The lowest BCUT2D eigenvalue weighted by atomic mass is 10.1. The molecule has 1 N–H and O–H groups in total. The first kappa shape index (κ1) is 19.7. The van der Waals surface area contributed by atoms with E-state index >= 15 is 0 Å². The lowest BCUT2D eigenvalue weighted by Gasteiger charge is -2.06. The van der Waals surface area contributed by atoms with Gasteiger partial charge in [-0.25, -0.2) is 4.98 Å². The van der Waals surface area contributed by atoms with E-state index in [4.69, 9.17) is 27.9 Å². The number of aromatic hydroxyl groups is 1. The number of phenols is 1. The van der Waals surface area contributed by atoms with Crippen molar-refractivity contribution in [3.8, 4) is 28.8 Å². The molecule has 2 aromatic carbocycles. The minimum Gasteiger partial charge on any atom is -0.503 e. The van der Waals surface area contributed by atoms with Crippen molar-refractivity contribution in [1.82, 2.24) is 4.98 Å². The fourth-order valence-corrected chi connectivity index (χ4v) is 3.88. The van der Waals surface area contributed by atoms with Crippen LogP contribution in [0.25, 0.3) is 22.9 Å². The molecule has 1 heterocycles. The van der Waals surface area contributed by atoms with Crippen LogP contribution in [0.5, 0.6) is 11.5 Å². The number of hydrogen-bond acceptors (Lipinski definition) is 5. The van der Waals surface area contributed by atoms with Crippen molar-refractivity contribution in [2.24, 2.45) is 0 Å². The summed E-state index contributed by atoms with van der Waals surface area (Å²) in [5.74, 6) is 0.313. The molecule has 0 atom stereocenters. The quantitative estimate of drug-likeness (QED) is 0.423. The number of methoxy groups -OCH3 is 1. The van der Waals surface area contributed by atoms with Crippen molar-refractivity contribution >= 4 is 62.1 Å². The molecule has 0 unspecified atom stereocenters. The Morgan fingerprint density at radius 3 is 2.74 bits per heavy atom. The zero-order chi connectivity index (χ0) is 19.6. The predicted octanol–water partition coefficient (Wildman–Crippen LogP) is 6.66. The number of phenolic OH excluding ortho intramolecular Hbond substituents is 1. The third-order valence-electron chi connectivity index (χ3n) is 3.65. The van der Waals surface area contributed by atoms with E-state index in [1.807, 2.05) is 11.4 Å². The van der Waals surface area contributed by atoms with Gasteiger partial charge in [0.05, 0.1) is 32.9 Å². The van der Waals surface area contributed by atoms with Crippen molar-refractivity contribution in [2.45, 2.75) is 0 Å². The zero-order valence-electron chi connectivity index (χ0n) is 13.8. The molecular weight excluding hydrogens is 471 g/mol.